The fourth-order valence-corrected chi connectivity index (χ4v) is 4.49. The van der Waals surface area contributed by atoms with Gasteiger partial charge in [0.05, 0.1) is 12.3 Å². The predicted molar refractivity (Wildman–Crippen MR) is 116 cm³/mol. The first kappa shape index (κ1) is 18.7. The Morgan fingerprint density at radius 2 is 2.19 bits per heavy atom. The van der Waals surface area contributed by atoms with Crippen LogP contribution in [0.15, 0.2) is 24.5 Å². The summed E-state index contributed by atoms with van der Waals surface area (Å²) in [7, 11) is 0. The average molecular weight is 419 g/mol. The maximum atomic E-state index is 12.9. The number of anilines is 1. The molecule has 3 aromatic rings. The number of carbonyl (C=O) groups excluding carboxylic acids is 1. The van der Waals surface area contributed by atoms with E-state index in [4.69, 9.17) is 14.7 Å². The van der Waals surface area contributed by atoms with Crippen molar-refractivity contribution < 1.29 is 9.53 Å². The second-order valence-corrected chi connectivity index (χ2v) is 8.49. The van der Waals surface area contributed by atoms with Gasteiger partial charge in [0.2, 0.25) is 0 Å². The number of rotatable bonds is 3. The lowest BCUT2D eigenvalue weighted by atomic mass is 10.0. The standard InChI is InChI=1S/C22H25N7O2/c1-12-18(31-11-9-23-12)20-27-17(14-4-7-24-19-15(14)5-8-25-19)16-6-10-29(21(16)28-20)22(30)26-13-2-3-13/h4-5,7-8,12-13,18,23H,2-3,6,9-11H2,1H3,(H,24,25)(H,26,30)/t12?,18-/m1/s1. The second-order valence-electron chi connectivity index (χ2n) is 8.49. The average Bonchev–Trinajstić information content (AvgIpc) is 3.29. The summed E-state index contributed by atoms with van der Waals surface area (Å²) in [5, 5.41) is 7.54. The van der Waals surface area contributed by atoms with Gasteiger partial charge in [-0.1, -0.05) is 0 Å². The van der Waals surface area contributed by atoms with Gasteiger partial charge < -0.3 is 20.4 Å². The van der Waals surface area contributed by atoms with Crippen molar-refractivity contribution in [3.8, 4) is 11.3 Å². The molecule has 1 unspecified atom stereocenters. The number of amides is 2. The summed E-state index contributed by atoms with van der Waals surface area (Å²) in [6.45, 7) is 4.09. The van der Waals surface area contributed by atoms with E-state index < -0.39 is 0 Å². The van der Waals surface area contributed by atoms with Gasteiger partial charge in [-0.2, -0.15) is 0 Å². The molecule has 9 heteroatoms. The van der Waals surface area contributed by atoms with Crippen LogP contribution < -0.4 is 15.5 Å². The smallest absolute Gasteiger partial charge is 0.323 e. The lowest BCUT2D eigenvalue weighted by Crippen LogP contribution is -2.43. The van der Waals surface area contributed by atoms with Gasteiger partial charge in [-0.3, -0.25) is 4.90 Å². The molecule has 3 N–H and O–H groups in total. The van der Waals surface area contributed by atoms with E-state index >= 15 is 0 Å². The molecule has 2 amide bonds. The Balaban J connectivity index is 1.50. The highest BCUT2D eigenvalue weighted by Crippen LogP contribution is 2.38. The third kappa shape index (κ3) is 3.24. The summed E-state index contributed by atoms with van der Waals surface area (Å²) in [6, 6.07) is 4.30. The number of aromatic amines is 1. The van der Waals surface area contributed by atoms with E-state index in [-0.39, 0.29) is 18.2 Å². The second kappa shape index (κ2) is 7.28. The molecule has 3 aromatic heterocycles. The molecular weight excluding hydrogens is 394 g/mol. The van der Waals surface area contributed by atoms with E-state index in [0.717, 1.165) is 53.7 Å². The van der Waals surface area contributed by atoms with Crippen molar-refractivity contribution in [2.24, 2.45) is 0 Å². The van der Waals surface area contributed by atoms with Crippen LogP contribution in [0.5, 0.6) is 0 Å². The number of morpholine rings is 1. The third-order valence-corrected chi connectivity index (χ3v) is 6.28. The van der Waals surface area contributed by atoms with E-state index in [2.05, 4.69) is 27.5 Å². The van der Waals surface area contributed by atoms with Crippen molar-refractivity contribution in [2.75, 3.05) is 24.6 Å². The van der Waals surface area contributed by atoms with Crippen molar-refractivity contribution in [3.63, 3.8) is 0 Å². The largest absolute Gasteiger partial charge is 0.367 e. The predicted octanol–water partition coefficient (Wildman–Crippen LogP) is 2.30. The first-order valence-electron chi connectivity index (χ1n) is 11.0. The zero-order valence-electron chi connectivity index (χ0n) is 17.4. The first-order chi connectivity index (χ1) is 15.2. The number of carbonyl (C=O) groups is 1. The summed E-state index contributed by atoms with van der Waals surface area (Å²) < 4.78 is 6.04. The summed E-state index contributed by atoms with van der Waals surface area (Å²) in [6.07, 6.45) is 6.22. The molecule has 1 aliphatic carbocycles. The molecular formula is C22H25N7O2. The molecule has 3 aliphatic rings. The molecule has 160 valence electrons. The Morgan fingerprint density at radius 3 is 3.03 bits per heavy atom. The van der Waals surface area contributed by atoms with Crippen LogP contribution in [-0.4, -0.2) is 57.7 Å². The molecule has 1 saturated heterocycles. The lowest BCUT2D eigenvalue weighted by Gasteiger charge is -2.30. The molecule has 1 saturated carbocycles. The normalized spacial score (nSPS) is 23.2. The number of hydrogen-bond donors (Lipinski definition) is 3. The van der Waals surface area contributed by atoms with Crippen LogP contribution in [0.2, 0.25) is 0 Å². The molecule has 0 radical (unpaired) electrons. The molecule has 0 aromatic carbocycles. The van der Waals surface area contributed by atoms with Crippen LogP contribution in [-0.2, 0) is 11.2 Å². The van der Waals surface area contributed by atoms with Crippen LogP contribution in [0.1, 0.15) is 37.3 Å². The van der Waals surface area contributed by atoms with Gasteiger partial charge in [-0.25, -0.2) is 19.7 Å². The highest BCUT2D eigenvalue weighted by molar-refractivity contribution is 5.97. The molecule has 2 aliphatic heterocycles. The Bertz CT molecular complexity index is 1160. The van der Waals surface area contributed by atoms with Crippen LogP contribution in [0.3, 0.4) is 0 Å². The lowest BCUT2D eigenvalue weighted by molar-refractivity contribution is -0.00548. The molecule has 0 spiro atoms. The number of H-pyrrole nitrogens is 1. The Hall–Kier alpha value is -3.04. The summed E-state index contributed by atoms with van der Waals surface area (Å²) in [5.74, 6) is 1.31. The Kier molecular flexibility index (Phi) is 4.39. The quantitative estimate of drug-likeness (QED) is 0.601. The first-order valence-corrected chi connectivity index (χ1v) is 11.0. The van der Waals surface area contributed by atoms with Gasteiger partial charge in [-0.15, -0.1) is 0 Å². The molecule has 31 heavy (non-hydrogen) atoms. The van der Waals surface area contributed by atoms with Gasteiger partial charge in [0.25, 0.3) is 0 Å². The summed E-state index contributed by atoms with van der Waals surface area (Å²) in [4.78, 5) is 32.2. The van der Waals surface area contributed by atoms with Crippen molar-refractivity contribution in [3.05, 3.63) is 35.9 Å². The van der Waals surface area contributed by atoms with E-state index in [1.165, 1.54) is 0 Å². The minimum atomic E-state index is -0.268. The van der Waals surface area contributed by atoms with Gasteiger partial charge in [0.1, 0.15) is 17.6 Å². The Morgan fingerprint density at radius 1 is 1.29 bits per heavy atom. The minimum absolute atomic E-state index is 0.0749. The third-order valence-electron chi connectivity index (χ3n) is 6.28. The maximum Gasteiger partial charge on any atom is 0.323 e. The van der Waals surface area contributed by atoms with Gasteiger partial charge >= 0.3 is 6.03 Å². The molecule has 2 atom stereocenters. The van der Waals surface area contributed by atoms with E-state index in [1.54, 1.807) is 11.1 Å². The minimum Gasteiger partial charge on any atom is -0.367 e. The van der Waals surface area contributed by atoms with Crippen molar-refractivity contribution in [1.82, 2.24) is 30.6 Å². The number of ether oxygens (including phenoxy) is 1. The topological polar surface area (TPSA) is 108 Å². The van der Waals surface area contributed by atoms with Crippen LogP contribution >= 0.6 is 0 Å². The number of hydrogen-bond acceptors (Lipinski definition) is 6. The summed E-state index contributed by atoms with van der Waals surface area (Å²) >= 11 is 0. The van der Waals surface area contributed by atoms with Crippen molar-refractivity contribution in [1.29, 1.82) is 0 Å². The molecule has 5 heterocycles. The zero-order valence-corrected chi connectivity index (χ0v) is 17.4. The number of nitrogens with zero attached hydrogens (tertiary/aromatic N) is 4. The van der Waals surface area contributed by atoms with Gasteiger partial charge in [0.15, 0.2) is 5.82 Å². The fraction of sp³-hybridized carbons (Fsp3) is 0.455. The molecule has 0 bridgehead atoms. The van der Waals surface area contributed by atoms with Gasteiger partial charge in [0, 0.05) is 54.1 Å². The number of nitrogens with one attached hydrogen (secondary N) is 3. The summed E-state index contributed by atoms with van der Waals surface area (Å²) in [5.41, 5.74) is 3.67. The monoisotopic (exact) mass is 419 g/mol. The SMILES string of the molecule is CC1NCCO[C@H]1c1nc(-c2ccnc3[nH]ccc23)c2c(n1)N(C(=O)NC1CC1)CC2. The fourth-order valence-electron chi connectivity index (χ4n) is 4.49. The number of urea groups is 1. The van der Waals surface area contributed by atoms with E-state index in [0.29, 0.717) is 30.8 Å². The number of aromatic nitrogens is 4. The van der Waals surface area contributed by atoms with Crippen LogP contribution in [0.4, 0.5) is 10.6 Å². The van der Waals surface area contributed by atoms with E-state index in [9.17, 15) is 4.79 Å². The van der Waals surface area contributed by atoms with Crippen LogP contribution in [0.25, 0.3) is 22.3 Å². The van der Waals surface area contributed by atoms with Crippen LogP contribution in [0, 0.1) is 0 Å². The molecule has 9 nitrogen and oxygen atoms in total. The molecule has 2 fully saturated rings. The van der Waals surface area contributed by atoms with E-state index in [1.807, 2.05) is 18.3 Å². The Labute approximate surface area is 179 Å². The maximum absolute atomic E-state index is 12.9. The molecule has 6 rings (SSSR count). The number of pyridine rings is 1. The highest BCUT2D eigenvalue weighted by Gasteiger charge is 2.35. The zero-order chi connectivity index (χ0) is 20.9. The van der Waals surface area contributed by atoms with Crippen molar-refractivity contribution in [2.45, 2.75) is 44.4 Å². The van der Waals surface area contributed by atoms with Crippen molar-refractivity contribution >= 4 is 22.9 Å². The number of fused-ring (bicyclic) bond motifs is 2. The van der Waals surface area contributed by atoms with Gasteiger partial charge in [-0.05, 0) is 38.3 Å². The highest BCUT2D eigenvalue weighted by atomic mass is 16.5.